The Morgan fingerprint density at radius 3 is 2.90 bits per heavy atom. The number of hydrogen-bond acceptors (Lipinski definition) is 5. The number of carbonyl (C=O) groups excluding carboxylic acids is 3. The molecule has 21 heavy (non-hydrogen) atoms. The molecule has 0 radical (unpaired) electrons. The summed E-state index contributed by atoms with van der Waals surface area (Å²) < 4.78 is 4.60. The van der Waals surface area contributed by atoms with Crippen LogP contribution in [-0.4, -0.2) is 58.9 Å². The second-order valence-electron chi connectivity index (χ2n) is 5.14. The van der Waals surface area contributed by atoms with Crippen LogP contribution in [0.25, 0.3) is 0 Å². The molecule has 0 aromatic heterocycles. The minimum absolute atomic E-state index is 0.0141. The van der Waals surface area contributed by atoms with Crippen LogP contribution < -0.4 is 5.32 Å². The molecule has 2 heterocycles. The third-order valence-corrected chi connectivity index (χ3v) is 5.56. The highest BCUT2D eigenvalue weighted by Gasteiger charge is 2.50. The van der Waals surface area contributed by atoms with Crippen molar-refractivity contribution in [1.29, 1.82) is 0 Å². The van der Waals surface area contributed by atoms with E-state index in [-0.39, 0.29) is 41.1 Å². The van der Waals surface area contributed by atoms with Crippen LogP contribution in [0.4, 0.5) is 4.79 Å². The van der Waals surface area contributed by atoms with Gasteiger partial charge in [-0.2, -0.15) is 11.8 Å². The Balaban J connectivity index is 1.88. The number of fused-ring (bicyclic) bond motifs is 1. The van der Waals surface area contributed by atoms with Crippen molar-refractivity contribution in [3.63, 3.8) is 0 Å². The molecule has 118 valence electrons. The van der Waals surface area contributed by atoms with Gasteiger partial charge in [0, 0.05) is 17.4 Å². The molecule has 3 amide bonds. The predicted octanol–water partition coefficient (Wildman–Crippen LogP) is 1.36. The molecule has 0 spiro atoms. The van der Waals surface area contributed by atoms with E-state index in [1.165, 1.54) is 12.0 Å². The Morgan fingerprint density at radius 1 is 1.48 bits per heavy atom. The third kappa shape index (κ3) is 3.63. The normalized spacial score (nSPS) is 27.4. The molecule has 0 aliphatic carbocycles. The Hall–Kier alpha value is -0.950. The number of ether oxygens (including phenoxy) is 1. The molecule has 2 rings (SSSR count). The number of unbranched alkanes of at least 4 members (excludes halogenated alkanes) is 1. The number of amides is 3. The lowest BCUT2D eigenvalue weighted by Gasteiger charge is -2.25. The van der Waals surface area contributed by atoms with Crippen LogP contribution in [-0.2, 0) is 14.3 Å². The maximum absolute atomic E-state index is 11.9. The Labute approximate surface area is 132 Å². The fourth-order valence-corrected chi connectivity index (χ4v) is 4.54. The monoisotopic (exact) mass is 334 g/mol. The van der Waals surface area contributed by atoms with Crippen molar-refractivity contribution in [3.8, 4) is 0 Å². The zero-order valence-corrected chi connectivity index (χ0v) is 13.4. The highest BCUT2D eigenvalue weighted by molar-refractivity contribution is 8.00. The summed E-state index contributed by atoms with van der Waals surface area (Å²) in [6, 6.07) is -0.442. The van der Waals surface area contributed by atoms with Gasteiger partial charge in [0.2, 0.25) is 5.91 Å². The fraction of sp³-hybridized carbons (Fsp3) is 0.769. The highest BCUT2D eigenvalue weighted by Crippen LogP contribution is 2.37. The Morgan fingerprint density at radius 2 is 2.24 bits per heavy atom. The van der Waals surface area contributed by atoms with Gasteiger partial charge in [-0.25, -0.2) is 4.79 Å². The number of alkyl halides is 1. The molecule has 2 fully saturated rings. The average Bonchev–Trinajstić information content (AvgIpc) is 3.00. The van der Waals surface area contributed by atoms with Crippen molar-refractivity contribution in [3.05, 3.63) is 0 Å². The molecular weight excluding hydrogens is 316 g/mol. The summed E-state index contributed by atoms with van der Waals surface area (Å²) in [5.41, 5.74) is 0. The SMILES string of the molecule is COC(=O)CCCC[C@@H]1SC[C@@H]2NC(=O)N(C(=O)CCl)[C@@H]21. The molecule has 0 bridgehead atoms. The number of nitrogens with one attached hydrogen (secondary N) is 1. The Bertz CT molecular complexity index is 426. The molecule has 1 N–H and O–H groups in total. The summed E-state index contributed by atoms with van der Waals surface area (Å²) in [4.78, 5) is 36.0. The van der Waals surface area contributed by atoms with Gasteiger partial charge in [-0.15, -0.1) is 11.6 Å². The molecule has 0 aromatic carbocycles. The van der Waals surface area contributed by atoms with E-state index in [1.54, 1.807) is 11.8 Å². The minimum Gasteiger partial charge on any atom is -0.469 e. The van der Waals surface area contributed by atoms with Crippen molar-refractivity contribution in [1.82, 2.24) is 10.2 Å². The molecule has 2 aliphatic rings. The van der Waals surface area contributed by atoms with Gasteiger partial charge >= 0.3 is 12.0 Å². The van der Waals surface area contributed by atoms with Crippen molar-refractivity contribution in [2.45, 2.75) is 43.0 Å². The lowest BCUT2D eigenvalue weighted by molar-refractivity contribution is -0.140. The molecule has 6 nitrogen and oxygen atoms in total. The molecule has 0 aromatic rings. The van der Waals surface area contributed by atoms with Crippen molar-refractivity contribution < 1.29 is 19.1 Å². The fourth-order valence-electron chi connectivity index (χ4n) is 2.84. The van der Waals surface area contributed by atoms with Crippen LogP contribution >= 0.6 is 23.4 Å². The van der Waals surface area contributed by atoms with E-state index in [9.17, 15) is 14.4 Å². The van der Waals surface area contributed by atoms with Gasteiger partial charge in [-0.1, -0.05) is 6.42 Å². The average molecular weight is 335 g/mol. The first-order chi connectivity index (χ1) is 10.1. The molecule has 8 heteroatoms. The molecule has 0 saturated carbocycles. The van der Waals surface area contributed by atoms with Crippen LogP contribution in [0.1, 0.15) is 25.7 Å². The smallest absolute Gasteiger partial charge is 0.324 e. The number of halogens is 1. The van der Waals surface area contributed by atoms with Crippen molar-refractivity contribution >= 4 is 41.3 Å². The number of thioether (sulfide) groups is 1. The highest BCUT2D eigenvalue weighted by atomic mass is 35.5. The van der Waals surface area contributed by atoms with Gasteiger partial charge in [0.25, 0.3) is 0 Å². The predicted molar refractivity (Wildman–Crippen MR) is 80.4 cm³/mol. The molecule has 2 aliphatic heterocycles. The lowest BCUT2D eigenvalue weighted by atomic mass is 10.0. The summed E-state index contributed by atoms with van der Waals surface area (Å²) in [6.45, 7) is 0. The van der Waals surface area contributed by atoms with Crippen LogP contribution in [0.5, 0.6) is 0 Å². The van der Waals surface area contributed by atoms with Crippen molar-refractivity contribution in [2.24, 2.45) is 0 Å². The van der Waals surface area contributed by atoms with Gasteiger partial charge in [-0.3, -0.25) is 14.5 Å². The zero-order chi connectivity index (χ0) is 15.4. The van der Waals surface area contributed by atoms with E-state index in [1.807, 2.05) is 0 Å². The molecular formula is C13H19ClN2O4S. The topological polar surface area (TPSA) is 75.7 Å². The van der Waals surface area contributed by atoms with Crippen LogP contribution in [0, 0.1) is 0 Å². The number of nitrogens with zero attached hydrogens (tertiary/aromatic N) is 1. The van der Waals surface area contributed by atoms with Crippen LogP contribution in [0.3, 0.4) is 0 Å². The van der Waals surface area contributed by atoms with Crippen molar-refractivity contribution in [2.75, 3.05) is 18.7 Å². The molecule has 0 unspecified atom stereocenters. The molecule has 3 atom stereocenters. The Kier molecular flexibility index (Phi) is 5.75. The maximum atomic E-state index is 11.9. The second kappa shape index (κ2) is 7.35. The molecule has 2 saturated heterocycles. The number of methoxy groups -OCH3 is 1. The quantitative estimate of drug-likeness (QED) is 0.343. The first-order valence-electron chi connectivity index (χ1n) is 6.95. The summed E-state index contributed by atoms with van der Waals surface area (Å²) in [5, 5.41) is 3.05. The number of urea groups is 1. The van der Waals surface area contributed by atoms with Gasteiger partial charge in [0.05, 0.1) is 19.2 Å². The van der Waals surface area contributed by atoms with Gasteiger partial charge in [0.15, 0.2) is 0 Å². The maximum Gasteiger partial charge on any atom is 0.324 e. The van der Waals surface area contributed by atoms with E-state index in [2.05, 4.69) is 10.1 Å². The third-order valence-electron chi connectivity index (χ3n) is 3.84. The van der Waals surface area contributed by atoms with E-state index in [0.717, 1.165) is 25.0 Å². The van der Waals surface area contributed by atoms with E-state index in [4.69, 9.17) is 11.6 Å². The lowest BCUT2D eigenvalue weighted by Crippen LogP contribution is -2.45. The summed E-state index contributed by atoms with van der Waals surface area (Å²) >= 11 is 7.35. The summed E-state index contributed by atoms with van der Waals surface area (Å²) in [5.74, 6) is 0.0767. The number of esters is 1. The van der Waals surface area contributed by atoms with E-state index < -0.39 is 0 Å². The summed E-state index contributed by atoms with van der Waals surface area (Å²) in [6.07, 6.45) is 2.90. The zero-order valence-electron chi connectivity index (χ0n) is 11.8. The second-order valence-corrected chi connectivity index (χ2v) is 6.68. The first-order valence-corrected chi connectivity index (χ1v) is 8.53. The standard InChI is InChI=1S/C13H19ClN2O4S/c1-20-11(18)5-3-2-4-9-12-8(7-21-9)15-13(19)16(12)10(17)6-14/h8-9,12H,2-7H2,1H3,(H,15,19)/t8-,9-,12-/m0/s1. The van der Waals surface area contributed by atoms with Crippen LogP contribution in [0.2, 0.25) is 0 Å². The number of hydrogen-bond donors (Lipinski definition) is 1. The number of rotatable bonds is 6. The van der Waals surface area contributed by atoms with Gasteiger partial charge in [-0.05, 0) is 12.8 Å². The van der Waals surface area contributed by atoms with Gasteiger partial charge < -0.3 is 10.1 Å². The summed E-state index contributed by atoms with van der Waals surface area (Å²) in [7, 11) is 1.38. The van der Waals surface area contributed by atoms with E-state index in [0.29, 0.717) is 6.42 Å². The number of imide groups is 1. The van der Waals surface area contributed by atoms with E-state index >= 15 is 0 Å². The van der Waals surface area contributed by atoms with Crippen LogP contribution in [0.15, 0.2) is 0 Å². The minimum atomic E-state index is -0.344. The van der Waals surface area contributed by atoms with Gasteiger partial charge in [0.1, 0.15) is 5.88 Å². The largest absolute Gasteiger partial charge is 0.469 e. The number of carbonyl (C=O) groups is 3. The first kappa shape index (κ1) is 16.4.